The monoisotopic (exact) mass is 205 g/mol. The Morgan fingerprint density at radius 2 is 1.71 bits per heavy atom. The minimum Gasteiger partial charge on any atom is -0.481 e. The molecule has 14 heavy (non-hydrogen) atoms. The molecule has 0 radical (unpaired) electrons. The quantitative estimate of drug-likeness (QED) is 0.548. The number of hydrogen-bond acceptors (Lipinski definition) is 3. The maximum Gasteiger partial charge on any atom is 0.303 e. The Bertz CT molecular complexity index is 116. The summed E-state index contributed by atoms with van der Waals surface area (Å²) >= 11 is 0. The third kappa shape index (κ3) is 22.5. The summed E-state index contributed by atoms with van der Waals surface area (Å²) < 4.78 is 0. The Morgan fingerprint density at radius 1 is 1.21 bits per heavy atom. The van der Waals surface area contributed by atoms with Crippen molar-refractivity contribution < 1.29 is 15.0 Å². The van der Waals surface area contributed by atoms with Gasteiger partial charge in [-0.3, -0.25) is 4.79 Å². The van der Waals surface area contributed by atoms with Gasteiger partial charge in [-0.15, -0.1) is 0 Å². The number of unbranched alkanes of at least 4 members (excludes halogenated alkanes) is 4. The van der Waals surface area contributed by atoms with Crippen LogP contribution in [-0.4, -0.2) is 29.3 Å². The van der Waals surface area contributed by atoms with Crippen LogP contribution in [0.4, 0.5) is 0 Å². The van der Waals surface area contributed by atoms with E-state index in [4.69, 9.17) is 15.9 Å². The fourth-order valence-electron chi connectivity index (χ4n) is 0.880. The molecule has 0 fully saturated rings. The van der Waals surface area contributed by atoms with Crippen molar-refractivity contribution in [1.82, 2.24) is 0 Å². The molecule has 0 saturated carbocycles. The Labute approximate surface area is 86.1 Å². The van der Waals surface area contributed by atoms with Crippen LogP contribution in [0.1, 0.15) is 45.4 Å². The number of aliphatic hydroxyl groups is 1. The number of aliphatic hydroxyl groups excluding tert-OH is 1. The van der Waals surface area contributed by atoms with Gasteiger partial charge in [-0.05, 0) is 6.42 Å². The number of carbonyl (C=O) groups is 1. The summed E-state index contributed by atoms with van der Waals surface area (Å²) in [6.45, 7) is 2.62. The second-order valence-corrected chi connectivity index (χ2v) is 3.07. The smallest absolute Gasteiger partial charge is 0.303 e. The Balaban J connectivity index is 0. The number of nitrogens with two attached hydrogens (primary N) is 1. The van der Waals surface area contributed by atoms with Crippen molar-refractivity contribution in [1.29, 1.82) is 0 Å². The zero-order valence-corrected chi connectivity index (χ0v) is 9.04. The molecular weight excluding hydrogens is 182 g/mol. The number of carboxylic acids is 1. The number of aliphatic carboxylic acids is 1. The lowest BCUT2D eigenvalue weighted by Gasteiger charge is -1.95. The number of rotatable bonds is 7. The fourth-order valence-corrected chi connectivity index (χ4v) is 0.880. The summed E-state index contributed by atoms with van der Waals surface area (Å²) in [7, 11) is 0. The van der Waals surface area contributed by atoms with Gasteiger partial charge in [0, 0.05) is 13.0 Å². The van der Waals surface area contributed by atoms with Gasteiger partial charge < -0.3 is 15.9 Å². The second-order valence-electron chi connectivity index (χ2n) is 3.07. The van der Waals surface area contributed by atoms with E-state index in [1.165, 1.54) is 19.3 Å². The molecule has 0 amide bonds. The highest BCUT2D eigenvalue weighted by Crippen LogP contribution is 2.04. The van der Waals surface area contributed by atoms with Crippen LogP contribution in [0, 0.1) is 0 Å². The first-order valence-electron chi connectivity index (χ1n) is 5.21. The Hall–Kier alpha value is -0.610. The van der Waals surface area contributed by atoms with E-state index in [9.17, 15) is 4.79 Å². The molecule has 86 valence electrons. The van der Waals surface area contributed by atoms with Gasteiger partial charge in [-0.25, -0.2) is 0 Å². The molecule has 0 aliphatic carbocycles. The lowest BCUT2D eigenvalue weighted by Crippen LogP contribution is -2.02. The minimum absolute atomic E-state index is 0.0972. The molecule has 0 aliphatic rings. The predicted molar refractivity (Wildman–Crippen MR) is 57.2 cm³/mol. The highest BCUT2D eigenvalue weighted by molar-refractivity contribution is 5.66. The Kier molecular flexibility index (Phi) is 16.9. The summed E-state index contributed by atoms with van der Waals surface area (Å²) in [5.74, 6) is -0.670. The second kappa shape index (κ2) is 14.9. The van der Waals surface area contributed by atoms with Crippen LogP contribution in [-0.2, 0) is 4.79 Å². The maximum atomic E-state index is 10.0. The van der Waals surface area contributed by atoms with Crippen molar-refractivity contribution in [2.75, 3.05) is 13.2 Å². The van der Waals surface area contributed by atoms with Crippen LogP contribution >= 0.6 is 0 Å². The molecule has 0 aromatic rings. The van der Waals surface area contributed by atoms with Crippen LogP contribution in [0.15, 0.2) is 0 Å². The fraction of sp³-hybridized carbons (Fsp3) is 0.900. The van der Waals surface area contributed by atoms with E-state index in [0.717, 1.165) is 12.8 Å². The van der Waals surface area contributed by atoms with Crippen molar-refractivity contribution in [3.05, 3.63) is 0 Å². The highest BCUT2D eigenvalue weighted by atomic mass is 16.4. The molecule has 0 aliphatic heterocycles. The summed E-state index contributed by atoms with van der Waals surface area (Å²) in [5, 5.41) is 16.0. The molecule has 4 heteroatoms. The molecule has 0 aromatic heterocycles. The molecule has 0 spiro atoms. The van der Waals surface area contributed by atoms with Crippen molar-refractivity contribution >= 4 is 5.97 Å². The van der Waals surface area contributed by atoms with Crippen LogP contribution < -0.4 is 5.73 Å². The first-order valence-corrected chi connectivity index (χ1v) is 5.21. The first kappa shape index (κ1) is 15.8. The van der Waals surface area contributed by atoms with Crippen molar-refractivity contribution in [3.8, 4) is 0 Å². The molecule has 0 aromatic carbocycles. The third-order valence-corrected chi connectivity index (χ3v) is 1.62. The van der Waals surface area contributed by atoms with Gasteiger partial charge in [0.2, 0.25) is 0 Å². The molecular formula is C10H23NO3. The van der Waals surface area contributed by atoms with Crippen molar-refractivity contribution in [3.63, 3.8) is 0 Å². The van der Waals surface area contributed by atoms with E-state index in [1.54, 1.807) is 0 Å². The van der Waals surface area contributed by atoms with E-state index in [1.807, 2.05) is 0 Å². The standard InChI is InChI=1S/C8H16O2.C2H7NO/c1-2-3-4-5-6-7-8(9)10;3-1-2-4/h2-7H2,1H3,(H,9,10);4H,1-3H2. The van der Waals surface area contributed by atoms with Crippen molar-refractivity contribution in [2.24, 2.45) is 5.73 Å². The zero-order valence-electron chi connectivity index (χ0n) is 9.04. The topological polar surface area (TPSA) is 83.5 Å². The third-order valence-electron chi connectivity index (χ3n) is 1.62. The van der Waals surface area contributed by atoms with Gasteiger partial charge in [0.05, 0.1) is 6.61 Å². The summed E-state index contributed by atoms with van der Waals surface area (Å²) in [6.07, 6.45) is 5.88. The van der Waals surface area contributed by atoms with Crippen molar-refractivity contribution in [2.45, 2.75) is 45.4 Å². The zero-order chi connectivity index (χ0) is 11.2. The lowest BCUT2D eigenvalue weighted by atomic mass is 10.1. The Morgan fingerprint density at radius 3 is 2.07 bits per heavy atom. The average molecular weight is 205 g/mol. The SMILES string of the molecule is CCCCCCCC(=O)O.NCCO. The normalized spacial score (nSPS) is 9.07. The molecule has 0 unspecified atom stereocenters. The summed E-state index contributed by atoms with van der Waals surface area (Å²) in [6, 6.07) is 0. The van der Waals surface area contributed by atoms with Gasteiger partial charge in [-0.2, -0.15) is 0 Å². The van der Waals surface area contributed by atoms with Crippen LogP contribution in [0.3, 0.4) is 0 Å². The molecule has 4 nitrogen and oxygen atoms in total. The first-order chi connectivity index (χ1) is 6.68. The molecule has 0 bridgehead atoms. The summed E-state index contributed by atoms with van der Waals surface area (Å²) in [4.78, 5) is 10.0. The van der Waals surface area contributed by atoms with Crippen LogP contribution in [0.5, 0.6) is 0 Å². The molecule has 0 atom stereocenters. The summed E-state index contributed by atoms with van der Waals surface area (Å²) in [5.41, 5.74) is 4.78. The molecule has 0 rings (SSSR count). The van der Waals surface area contributed by atoms with Gasteiger partial charge in [-0.1, -0.05) is 32.6 Å². The van der Waals surface area contributed by atoms with Gasteiger partial charge in [0.25, 0.3) is 0 Å². The van der Waals surface area contributed by atoms with Gasteiger partial charge >= 0.3 is 5.97 Å². The molecule has 0 heterocycles. The number of hydrogen-bond donors (Lipinski definition) is 3. The lowest BCUT2D eigenvalue weighted by molar-refractivity contribution is -0.137. The van der Waals surface area contributed by atoms with E-state index in [2.05, 4.69) is 6.92 Å². The molecule has 4 N–H and O–H groups in total. The average Bonchev–Trinajstić information content (AvgIpc) is 2.18. The predicted octanol–water partition coefficient (Wildman–Crippen LogP) is 1.37. The van der Waals surface area contributed by atoms with E-state index in [-0.39, 0.29) is 6.61 Å². The van der Waals surface area contributed by atoms with E-state index >= 15 is 0 Å². The van der Waals surface area contributed by atoms with E-state index < -0.39 is 5.97 Å². The largest absolute Gasteiger partial charge is 0.481 e. The molecule has 0 saturated heterocycles. The van der Waals surface area contributed by atoms with E-state index in [0.29, 0.717) is 13.0 Å². The minimum atomic E-state index is -0.670. The van der Waals surface area contributed by atoms with Gasteiger partial charge in [0.1, 0.15) is 0 Å². The van der Waals surface area contributed by atoms with Gasteiger partial charge in [0.15, 0.2) is 0 Å². The van der Waals surface area contributed by atoms with Crippen LogP contribution in [0.25, 0.3) is 0 Å². The number of carboxylic acid groups (broad SMARTS) is 1. The highest BCUT2D eigenvalue weighted by Gasteiger charge is 1.94. The maximum absolute atomic E-state index is 10.0. The van der Waals surface area contributed by atoms with Crippen LogP contribution in [0.2, 0.25) is 0 Å².